The van der Waals surface area contributed by atoms with Crippen molar-refractivity contribution in [3.63, 3.8) is 0 Å². The lowest BCUT2D eigenvalue weighted by Crippen LogP contribution is -2.52. The highest BCUT2D eigenvalue weighted by Gasteiger charge is 2.32. The van der Waals surface area contributed by atoms with Crippen LogP contribution in [-0.2, 0) is 4.74 Å². The van der Waals surface area contributed by atoms with Gasteiger partial charge in [0, 0.05) is 24.3 Å². The van der Waals surface area contributed by atoms with Crippen molar-refractivity contribution in [2.24, 2.45) is 5.73 Å². The Morgan fingerprint density at radius 2 is 2.16 bits per heavy atom. The minimum atomic E-state index is -0.184. The van der Waals surface area contributed by atoms with Gasteiger partial charge in [-0.2, -0.15) is 0 Å². The number of hydrogen-bond donors (Lipinski definition) is 2. The van der Waals surface area contributed by atoms with Crippen LogP contribution in [0.1, 0.15) is 31.9 Å². The van der Waals surface area contributed by atoms with Gasteiger partial charge < -0.3 is 15.4 Å². The highest BCUT2D eigenvalue weighted by atomic mass is 16.5. The van der Waals surface area contributed by atoms with E-state index in [0.717, 1.165) is 29.9 Å². The summed E-state index contributed by atoms with van der Waals surface area (Å²) in [5, 5.41) is 7.76. The topological polar surface area (TPSA) is 62.3 Å². The molecule has 2 rings (SSSR count). The molecule has 0 spiro atoms. The lowest BCUT2D eigenvalue weighted by atomic mass is 10.0. The molecular formula is C15H23N3O. The molecule has 1 unspecified atom stereocenters. The van der Waals surface area contributed by atoms with Crippen molar-refractivity contribution in [2.75, 3.05) is 18.0 Å². The van der Waals surface area contributed by atoms with Gasteiger partial charge in [-0.3, -0.25) is 5.41 Å². The Labute approximate surface area is 115 Å². The number of morpholine rings is 1. The summed E-state index contributed by atoms with van der Waals surface area (Å²) in [6, 6.07) is 6.10. The largest absolute Gasteiger partial charge is 0.384 e. The predicted octanol–water partition coefficient (Wildman–Crippen LogP) is 2.28. The first-order valence-corrected chi connectivity index (χ1v) is 6.66. The first-order chi connectivity index (χ1) is 8.78. The number of amidine groups is 1. The molecule has 1 aromatic rings. The van der Waals surface area contributed by atoms with E-state index in [9.17, 15) is 0 Å². The number of rotatable bonds is 2. The standard InChI is InChI=1S/C15H23N3O/c1-10-5-6-13(12(7-10)14(16)17)18-8-11(2)19-15(3,4)9-18/h5-7,11H,8-9H2,1-4H3,(H3,16,17). The molecular weight excluding hydrogens is 238 g/mol. The Morgan fingerprint density at radius 3 is 2.74 bits per heavy atom. The summed E-state index contributed by atoms with van der Waals surface area (Å²) in [6.07, 6.45) is 0.171. The number of nitrogens with one attached hydrogen (secondary N) is 1. The second-order valence-corrected chi connectivity index (χ2v) is 6.00. The summed E-state index contributed by atoms with van der Waals surface area (Å²) < 4.78 is 5.92. The molecule has 4 nitrogen and oxygen atoms in total. The Balaban J connectivity index is 2.38. The molecule has 1 atom stereocenters. The van der Waals surface area contributed by atoms with Gasteiger partial charge in [-0.25, -0.2) is 0 Å². The van der Waals surface area contributed by atoms with Crippen LogP contribution in [0.2, 0.25) is 0 Å². The molecule has 0 saturated carbocycles. The molecule has 1 aliphatic rings. The zero-order valence-electron chi connectivity index (χ0n) is 12.2. The second-order valence-electron chi connectivity index (χ2n) is 6.00. The molecule has 1 aromatic carbocycles. The van der Waals surface area contributed by atoms with E-state index < -0.39 is 0 Å². The van der Waals surface area contributed by atoms with Gasteiger partial charge in [0.1, 0.15) is 5.84 Å². The van der Waals surface area contributed by atoms with E-state index in [1.807, 2.05) is 13.0 Å². The molecule has 1 heterocycles. The summed E-state index contributed by atoms with van der Waals surface area (Å²) in [5.74, 6) is 0.121. The Morgan fingerprint density at radius 1 is 1.47 bits per heavy atom. The van der Waals surface area contributed by atoms with Crippen molar-refractivity contribution in [2.45, 2.75) is 39.4 Å². The van der Waals surface area contributed by atoms with Crippen molar-refractivity contribution >= 4 is 11.5 Å². The number of nitrogens with two attached hydrogens (primary N) is 1. The summed E-state index contributed by atoms with van der Waals surface area (Å²) in [4.78, 5) is 2.27. The number of anilines is 1. The molecule has 0 amide bonds. The smallest absolute Gasteiger partial charge is 0.124 e. The van der Waals surface area contributed by atoms with Gasteiger partial charge >= 0.3 is 0 Å². The maximum Gasteiger partial charge on any atom is 0.124 e. The third-order valence-corrected chi connectivity index (χ3v) is 3.35. The summed E-state index contributed by atoms with van der Waals surface area (Å²) in [6.45, 7) is 9.92. The van der Waals surface area contributed by atoms with Crippen LogP contribution in [0.15, 0.2) is 18.2 Å². The zero-order chi connectivity index (χ0) is 14.2. The highest BCUT2D eigenvalue weighted by molar-refractivity contribution is 6.00. The van der Waals surface area contributed by atoms with E-state index in [0.29, 0.717) is 0 Å². The fraction of sp³-hybridized carbons (Fsp3) is 0.533. The molecule has 104 valence electrons. The van der Waals surface area contributed by atoms with Crippen molar-refractivity contribution in [3.05, 3.63) is 29.3 Å². The monoisotopic (exact) mass is 261 g/mol. The number of nitrogen functional groups attached to an aromatic ring is 1. The minimum Gasteiger partial charge on any atom is -0.384 e. The third kappa shape index (κ3) is 3.07. The number of aryl methyl sites for hydroxylation is 1. The normalized spacial score (nSPS) is 22.3. The lowest BCUT2D eigenvalue weighted by Gasteiger charge is -2.43. The van der Waals surface area contributed by atoms with E-state index in [2.05, 4.69) is 37.8 Å². The van der Waals surface area contributed by atoms with E-state index in [1.54, 1.807) is 0 Å². The van der Waals surface area contributed by atoms with E-state index >= 15 is 0 Å². The van der Waals surface area contributed by atoms with Crippen LogP contribution in [0.5, 0.6) is 0 Å². The first-order valence-electron chi connectivity index (χ1n) is 6.66. The fourth-order valence-corrected chi connectivity index (χ4v) is 2.78. The molecule has 0 radical (unpaired) electrons. The molecule has 1 fully saturated rings. The minimum absolute atomic E-state index is 0.121. The van der Waals surface area contributed by atoms with Crippen molar-refractivity contribution in [3.8, 4) is 0 Å². The number of hydrogen-bond acceptors (Lipinski definition) is 3. The van der Waals surface area contributed by atoms with Crippen LogP contribution in [0, 0.1) is 12.3 Å². The van der Waals surface area contributed by atoms with Gasteiger partial charge in [0.15, 0.2) is 0 Å². The number of nitrogens with zero attached hydrogens (tertiary/aromatic N) is 1. The van der Waals surface area contributed by atoms with Gasteiger partial charge in [-0.05, 0) is 39.8 Å². The molecule has 1 aliphatic heterocycles. The number of benzene rings is 1. The molecule has 3 N–H and O–H groups in total. The summed E-state index contributed by atoms with van der Waals surface area (Å²) >= 11 is 0. The van der Waals surface area contributed by atoms with Gasteiger partial charge in [0.2, 0.25) is 0 Å². The molecule has 0 aliphatic carbocycles. The van der Waals surface area contributed by atoms with Gasteiger partial charge in [-0.1, -0.05) is 11.6 Å². The maximum absolute atomic E-state index is 7.76. The van der Waals surface area contributed by atoms with Crippen LogP contribution in [0.25, 0.3) is 0 Å². The predicted molar refractivity (Wildman–Crippen MR) is 79.0 cm³/mol. The van der Waals surface area contributed by atoms with Crippen molar-refractivity contribution in [1.82, 2.24) is 0 Å². The SMILES string of the molecule is Cc1ccc(N2CC(C)OC(C)(C)C2)c(C(=N)N)c1. The van der Waals surface area contributed by atoms with Crippen LogP contribution in [0.3, 0.4) is 0 Å². The van der Waals surface area contributed by atoms with Crippen LogP contribution in [0.4, 0.5) is 5.69 Å². The van der Waals surface area contributed by atoms with Crippen molar-refractivity contribution in [1.29, 1.82) is 5.41 Å². The quantitative estimate of drug-likeness (QED) is 0.634. The van der Waals surface area contributed by atoms with E-state index in [1.165, 1.54) is 0 Å². The second kappa shape index (κ2) is 4.85. The molecule has 1 saturated heterocycles. The Kier molecular flexibility index (Phi) is 3.54. The third-order valence-electron chi connectivity index (χ3n) is 3.35. The molecule has 0 bridgehead atoms. The van der Waals surface area contributed by atoms with Crippen molar-refractivity contribution < 1.29 is 4.74 Å². The molecule has 0 aromatic heterocycles. The fourth-order valence-electron chi connectivity index (χ4n) is 2.78. The molecule has 4 heteroatoms. The van der Waals surface area contributed by atoms with Crippen LogP contribution in [-0.4, -0.2) is 30.6 Å². The average Bonchev–Trinajstić information content (AvgIpc) is 2.25. The van der Waals surface area contributed by atoms with E-state index in [-0.39, 0.29) is 17.5 Å². The molecule has 19 heavy (non-hydrogen) atoms. The van der Waals surface area contributed by atoms with Gasteiger partial charge in [0.25, 0.3) is 0 Å². The highest BCUT2D eigenvalue weighted by Crippen LogP contribution is 2.29. The van der Waals surface area contributed by atoms with Crippen LogP contribution < -0.4 is 10.6 Å². The summed E-state index contributed by atoms with van der Waals surface area (Å²) in [7, 11) is 0. The van der Waals surface area contributed by atoms with E-state index in [4.69, 9.17) is 15.9 Å². The maximum atomic E-state index is 7.76. The van der Waals surface area contributed by atoms with Gasteiger partial charge in [-0.15, -0.1) is 0 Å². The Hall–Kier alpha value is -1.55. The zero-order valence-corrected chi connectivity index (χ0v) is 12.2. The summed E-state index contributed by atoms with van der Waals surface area (Å²) in [5.41, 5.74) is 8.49. The number of ether oxygens (including phenoxy) is 1. The Bertz CT molecular complexity index is 496. The van der Waals surface area contributed by atoms with Crippen LogP contribution >= 0.6 is 0 Å². The van der Waals surface area contributed by atoms with Gasteiger partial charge in [0.05, 0.1) is 11.7 Å². The lowest BCUT2D eigenvalue weighted by molar-refractivity contribution is -0.0749. The average molecular weight is 261 g/mol. The first kappa shape index (κ1) is 13.9.